The molecule has 1 rings (SSSR count). The van der Waals surface area contributed by atoms with E-state index in [1.54, 1.807) is 0 Å². The van der Waals surface area contributed by atoms with Crippen molar-refractivity contribution in [2.75, 3.05) is 0 Å². The van der Waals surface area contributed by atoms with E-state index >= 15 is 0 Å². The molecule has 1 aromatic carbocycles. The summed E-state index contributed by atoms with van der Waals surface area (Å²) in [5, 5.41) is 10.1. The Morgan fingerprint density at radius 3 is 2.20 bits per heavy atom. The number of halogens is 2. The van der Waals surface area contributed by atoms with Crippen LogP contribution in [0.25, 0.3) is 0 Å². The van der Waals surface area contributed by atoms with E-state index in [9.17, 15) is 27.7 Å². The van der Waals surface area contributed by atoms with Crippen LogP contribution in [0.4, 0.5) is 14.5 Å². The minimum atomic E-state index is -2.97. The van der Waals surface area contributed by atoms with Crippen LogP contribution in [0.1, 0.15) is 0 Å². The maximum absolute atomic E-state index is 12.7. The third-order valence-corrected chi connectivity index (χ3v) is 2.05. The van der Waals surface area contributed by atoms with Gasteiger partial charge in [0.1, 0.15) is 5.82 Å². The molecular formula is C6H2F2NNaO4S. The standard InChI is InChI=1S/C6H3F2NO4S.Na/c7-3-1-4(8)6(14(12)13)2-5(3)9(10)11;/h1-2H,(H,12,13);/q;+1/p-1. The van der Waals surface area contributed by atoms with Crippen molar-refractivity contribution < 1.29 is 52.0 Å². The van der Waals surface area contributed by atoms with E-state index in [1.165, 1.54) is 0 Å². The van der Waals surface area contributed by atoms with Gasteiger partial charge in [-0.05, 0) is 11.1 Å². The van der Waals surface area contributed by atoms with E-state index < -0.39 is 38.2 Å². The predicted molar refractivity (Wildman–Crippen MR) is 40.2 cm³/mol. The molecule has 0 saturated heterocycles. The van der Waals surface area contributed by atoms with Crippen molar-refractivity contribution in [1.82, 2.24) is 0 Å². The Labute approximate surface area is 107 Å². The normalized spacial score (nSPS) is 11.7. The van der Waals surface area contributed by atoms with Gasteiger partial charge in [-0.25, -0.2) is 4.39 Å². The number of rotatable bonds is 2. The second-order valence-corrected chi connectivity index (χ2v) is 3.14. The van der Waals surface area contributed by atoms with Gasteiger partial charge in [0.05, 0.1) is 9.82 Å². The molecule has 0 radical (unpaired) electrons. The molecule has 76 valence electrons. The molecule has 15 heavy (non-hydrogen) atoms. The van der Waals surface area contributed by atoms with E-state index in [0.29, 0.717) is 6.07 Å². The monoisotopic (exact) mass is 245 g/mol. The van der Waals surface area contributed by atoms with Gasteiger partial charge in [-0.2, -0.15) is 4.39 Å². The van der Waals surface area contributed by atoms with E-state index in [1.807, 2.05) is 0 Å². The minimum Gasteiger partial charge on any atom is -0.768 e. The van der Waals surface area contributed by atoms with E-state index in [0.717, 1.165) is 0 Å². The molecule has 0 fully saturated rings. The van der Waals surface area contributed by atoms with Crippen LogP contribution >= 0.6 is 0 Å². The molecule has 0 bridgehead atoms. The fraction of sp³-hybridized carbons (Fsp3) is 0. The zero-order valence-corrected chi connectivity index (χ0v) is 10.2. The number of hydrogen-bond donors (Lipinski definition) is 0. The van der Waals surface area contributed by atoms with Crippen molar-refractivity contribution in [3.8, 4) is 0 Å². The predicted octanol–water partition coefficient (Wildman–Crippen LogP) is -1.89. The summed E-state index contributed by atoms with van der Waals surface area (Å²) in [5.74, 6) is -2.77. The molecule has 0 amide bonds. The van der Waals surface area contributed by atoms with Crippen molar-refractivity contribution in [3.63, 3.8) is 0 Å². The van der Waals surface area contributed by atoms with Crippen LogP contribution in [0.15, 0.2) is 17.0 Å². The van der Waals surface area contributed by atoms with E-state index in [4.69, 9.17) is 0 Å². The summed E-state index contributed by atoms with van der Waals surface area (Å²) >= 11 is -2.97. The van der Waals surface area contributed by atoms with Gasteiger partial charge in [-0.1, -0.05) is 0 Å². The Kier molecular flexibility index (Phi) is 5.46. The maximum Gasteiger partial charge on any atom is 1.00 e. The van der Waals surface area contributed by atoms with Gasteiger partial charge in [0, 0.05) is 12.1 Å². The van der Waals surface area contributed by atoms with Crippen LogP contribution in [0.3, 0.4) is 0 Å². The first-order valence-corrected chi connectivity index (χ1v) is 4.23. The zero-order valence-electron chi connectivity index (χ0n) is 7.40. The zero-order chi connectivity index (χ0) is 10.9. The number of nitrogens with zero attached hydrogens (tertiary/aromatic N) is 1. The molecular weight excluding hydrogens is 243 g/mol. The van der Waals surface area contributed by atoms with Crippen molar-refractivity contribution in [2.24, 2.45) is 0 Å². The van der Waals surface area contributed by atoms with Crippen molar-refractivity contribution in [2.45, 2.75) is 4.90 Å². The Morgan fingerprint density at radius 2 is 1.80 bits per heavy atom. The summed E-state index contributed by atoms with van der Waals surface area (Å²) in [4.78, 5) is 8.08. The first-order chi connectivity index (χ1) is 6.43. The third-order valence-electron chi connectivity index (χ3n) is 1.38. The van der Waals surface area contributed by atoms with Crippen LogP contribution < -0.4 is 29.6 Å². The molecule has 0 aromatic heterocycles. The first-order valence-electron chi connectivity index (χ1n) is 3.16. The van der Waals surface area contributed by atoms with E-state index in [2.05, 4.69) is 0 Å². The summed E-state index contributed by atoms with van der Waals surface area (Å²) in [5.41, 5.74) is -1.08. The molecule has 5 nitrogen and oxygen atoms in total. The Bertz CT molecular complexity index is 393. The van der Waals surface area contributed by atoms with Crippen LogP contribution in [0.2, 0.25) is 0 Å². The number of hydrogen-bond acceptors (Lipinski definition) is 4. The van der Waals surface area contributed by atoms with Gasteiger partial charge in [0.15, 0.2) is 0 Å². The molecule has 1 atom stereocenters. The van der Waals surface area contributed by atoms with Crippen LogP contribution in [-0.4, -0.2) is 13.7 Å². The largest absolute Gasteiger partial charge is 1.00 e. The molecule has 9 heteroatoms. The van der Waals surface area contributed by atoms with Crippen LogP contribution in [0.5, 0.6) is 0 Å². The number of benzene rings is 1. The van der Waals surface area contributed by atoms with Gasteiger partial charge in [-0.3, -0.25) is 14.3 Å². The third kappa shape index (κ3) is 3.28. The van der Waals surface area contributed by atoms with Crippen molar-refractivity contribution in [1.29, 1.82) is 0 Å². The Balaban J connectivity index is 0.00000196. The summed E-state index contributed by atoms with van der Waals surface area (Å²) < 4.78 is 46.0. The SMILES string of the molecule is O=[N+]([O-])c1cc(S(=O)[O-])c(F)cc1F.[Na+]. The molecule has 0 heterocycles. The fourth-order valence-corrected chi connectivity index (χ4v) is 1.21. The van der Waals surface area contributed by atoms with E-state index in [-0.39, 0.29) is 35.6 Å². The van der Waals surface area contributed by atoms with Crippen molar-refractivity contribution in [3.05, 3.63) is 33.9 Å². The second kappa shape index (κ2) is 5.61. The van der Waals surface area contributed by atoms with Crippen LogP contribution in [0, 0.1) is 21.7 Å². The second-order valence-electron chi connectivity index (χ2n) is 2.23. The van der Waals surface area contributed by atoms with Crippen molar-refractivity contribution >= 4 is 16.8 Å². The van der Waals surface area contributed by atoms with Gasteiger partial charge in [0.25, 0.3) is 0 Å². The van der Waals surface area contributed by atoms with Crippen LogP contribution in [-0.2, 0) is 11.1 Å². The molecule has 0 N–H and O–H groups in total. The molecule has 0 aliphatic rings. The Morgan fingerprint density at radius 1 is 1.27 bits per heavy atom. The summed E-state index contributed by atoms with van der Waals surface area (Å²) in [6, 6.07) is 0.483. The van der Waals surface area contributed by atoms with Gasteiger partial charge in [-0.15, -0.1) is 0 Å². The molecule has 1 unspecified atom stereocenters. The first kappa shape index (κ1) is 14.6. The van der Waals surface area contributed by atoms with Gasteiger partial charge >= 0.3 is 35.2 Å². The smallest absolute Gasteiger partial charge is 0.768 e. The van der Waals surface area contributed by atoms with Gasteiger partial charge < -0.3 is 4.55 Å². The van der Waals surface area contributed by atoms with Gasteiger partial charge in [0.2, 0.25) is 5.82 Å². The molecule has 1 aromatic rings. The summed E-state index contributed by atoms with van der Waals surface area (Å²) in [7, 11) is 0. The topological polar surface area (TPSA) is 83.3 Å². The average Bonchev–Trinajstić information content (AvgIpc) is 2.02. The number of nitro groups is 1. The maximum atomic E-state index is 12.7. The summed E-state index contributed by atoms with van der Waals surface area (Å²) in [6.45, 7) is 0. The molecule has 0 aliphatic carbocycles. The fourth-order valence-electron chi connectivity index (χ4n) is 0.786. The quantitative estimate of drug-likeness (QED) is 0.264. The molecule has 0 spiro atoms. The molecule has 0 aliphatic heterocycles. The number of nitro benzene ring substituents is 1. The molecule has 0 saturated carbocycles. The minimum absolute atomic E-state index is 0. The summed E-state index contributed by atoms with van der Waals surface area (Å²) in [6.07, 6.45) is 0. The average molecular weight is 245 g/mol. The Hall–Kier alpha value is -0.410.